The zero-order chi connectivity index (χ0) is 13.9. The summed E-state index contributed by atoms with van der Waals surface area (Å²) >= 11 is 5.57. The van der Waals surface area contributed by atoms with E-state index in [0.29, 0.717) is 24.0 Å². The number of Topliss-reactive ketones (excluding diaryl/α,β-unsaturated/α-hetero) is 1. The Labute approximate surface area is 119 Å². The van der Waals surface area contributed by atoms with Crippen LogP contribution in [0.1, 0.15) is 28.8 Å². The number of fused-ring (bicyclic) bond motifs is 1. The first kappa shape index (κ1) is 12.8. The fraction of sp³-hybridized carbons (Fsp3) is 0.231. The molecule has 0 aliphatic carbocycles. The number of carbonyl (C=O) groups is 1. The van der Waals surface area contributed by atoms with Crippen molar-refractivity contribution in [2.24, 2.45) is 0 Å². The van der Waals surface area contributed by atoms with Crippen LogP contribution >= 0.6 is 11.6 Å². The lowest BCUT2D eigenvalue weighted by Gasteiger charge is -1.93. The minimum Gasteiger partial charge on any atom is -0.424 e. The van der Waals surface area contributed by atoms with E-state index in [2.05, 4.69) is 20.2 Å². The summed E-state index contributed by atoms with van der Waals surface area (Å²) in [6.45, 7) is 0. The highest BCUT2D eigenvalue weighted by Gasteiger charge is 2.13. The Kier molecular flexibility index (Phi) is 3.47. The van der Waals surface area contributed by atoms with Gasteiger partial charge >= 0.3 is 0 Å². The van der Waals surface area contributed by atoms with Crippen LogP contribution in [0.3, 0.4) is 0 Å². The van der Waals surface area contributed by atoms with E-state index < -0.39 is 0 Å². The summed E-state index contributed by atoms with van der Waals surface area (Å²) < 4.78 is 5.24. The van der Waals surface area contributed by atoms with E-state index in [0.717, 1.165) is 11.0 Å². The predicted molar refractivity (Wildman–Crippen MR) is 72.6 cm³/mol. The molecule has 0 saturated heterocycles. The fourth-order valence-electron chi connectivity index (χ4n) is 1.87. The van der Waals surface area contributed by atoms with Crippen LogP contribution in [0.25, 0.3) is 11.0 Å². The van der Waals surface area contributed by atoms with Gasteiger partial charge in [-0.3, -0.25) is 4.79 Å². The SMILES string of the molecule is O=C(CCc1nnc(CCl)o1)c1nc2ccccc2[nH]1. The van der Waals surface area contributed by atoms with Gasteiger partial charge in [0.15, 0.2) is 11.6 Å². The highest BCUT2D eigenvalue weighted by Crippen LogP contribution is 2.13. The van der Waals surface area contributed by atoms with Crippen molar-refractivity contribution in [3.05, 3.63) is 41.9 Å². The van der Waals surface area contributed by atoms with Crippen molar-refractivity contribution in [2.45, 2.75) is 18.7 Å². The van der Waals surface area contributed by atoms with Crippen LogP contribution in [0.15, 0.2) is 28.7 Å². The number of benzene rings is 1. The average molecular weight is 291 g/mol. The molecule has 3 rings (SSSR count). The summed E-state index contributed by atoms with van der Waals surface area (Å²) in [5.41, 5.74) is 1.62. The van der Waals surface area contributed by atoms with Gasteiger partial charge in [0.25, 0.3) is 0 Å². The van der Waals surface area contributed by atoms with Crippen LogP contribution in [0, 0.1) is 0 Å². The molecule has 3 aromatic rings. The number of H-pyrrole nitrogens is 1. The van der Waals surface area contributed by atoms with Gasteiger partial charge in [0, 0.05) is 12.8 Å². The quantitative estimate of drug-likeness (QED) is 0.576. The molecule has 0 fully saturated rings. The standard InChI is InChI=1S/C13H11ClN4O2/c14-7-12-18-17-11(20-12)6-5-10(19)13-15-8-3-1-2-4-9(8)16-13/h1-4H,5-7H2,(H,15,16). The summed E-state index contributed by atoms with van der Waals surface area (Å²) in [6.07, 6.45) is 0.628. The second kappa shape index (κ2) is 5.42. The van der Waals surface area contributed by atoms with Gasteiger partial charge in [0.2, 0.25) is 11.8 Å². The molecule has 0 bridgehead atoms. The van der Waals surface area contributed by atoms with Gasteiger partial charge in [0.1, 0.15) is 5.88 Å². The summed E-state index contributed by atoms with van der Waals surface area (Å²) in [7, 11) is 0. The van der Waals surface area contributed by atoms with Crippen LogP contribution in [0.2, 0.25) is 0 Å². The van der Waals surface area contributed by atoms with Gasteiger partial charge in [-0.2, -0.15) is 0 Å². The molecular formula is C13H11ClN4O2. The molecule has 0 radical (unpaired) electrons. The van der Waals surface area contributed by atoms with Crippen molar-refractivity contribution in [3.8, 4) is 0 Å². The minimum absolute atomic E-state index is 0.0909. The maximum absolute atomic E-state index is 12.1. The Morgan fingerprint density at radius 3 is 2.80 bits per heavy atom. The number of ketones is 1. The number of imidazole rings is 1. The molecule has 0 saturated carbocycles. The highest BCUT2D eigenvalue weighted by atomic mass is 35.5. The highest BCUT2D eigenvalue weighted by molar-refractivity contribution is 6.16. The molecule has 2 aromatic heterocycles. The first-order valence-corrected chi connectivity index (χ1v) is 6.65. The van der Waals surface area contributed by atoms with Gasteiger partial charge in [-0.25, -0.2) is 4.98 Å². The summed E-state index contributed by atoms with van der Waals surface area (Å²) in [6, 6.07) is 7.50. The van der Waals surface area contributed by atoms with E-state index >= 15 is 0 Å². The lowest BCUT2D eigenvalue weighted by molar-refractivity contribution is 0.0971. The first-order valence-electron chi connectivity index (χ1n) is 6.11. The van der Waals surface area contributed by atoms with Crippen molar-refractivity contribution in [3.63, 3.8) is 0 Å². The van der Waals surface area contributed by atoms with E-state index in [1.165, 1.54) is 0 Å². The Morgan fingerprint density at radius 1 is 1.25 bits per heavy atom. The molecule has 20 heavy (non-hydrogen) atoms. The third-order valence-corrected chi connectivity index (χ3v) is 3.07. The molecule has 0 atom stereocenters. The summed E-state index contributed by atoms with van der Waals surface area (Å²) in [4.78, 5) is 19.3. The predicted octanol–water partition coefficient (Wildman–Crippen LogP) is 2.50. The van der Waals surface area contributed by atoms with Crippen molar-refractivity contribution in [1.29, 1.82) is 0 Å². The van der Waals surface area contributed by atoms with Crippen LogP contribution in [0.5, 0.6) is 0 Å². The number of nitrogens with zero attached hydrogens (tertiary/aromatic N) is 3. The van der Waals surface area contributed by atoms with Crippen molar-refractivity contribution in [1.82, 2.24) is 20.2 Å². The van der Waals surface area contributed by atoms with Gasteiger partial charge in [0.05, 0.1) is 11.0 Å². The normalized spacial score (nSPS) is 11.1. The van der Waals surface area contributed by atoms with Crippen molar-refractivity contribution >= 4 is 28.4 Å². The Balaban J connectivity index is 1.69. The fourth-order valence-corrected chi connectivity index (χ4v) is 1.98. The molecule has 0 spiro atoms. The number of aromatic nitrogens is 4. The lowest BCUT2D eigenvalue weighted by atomic mass is 10.2. The second-order valence-corrected chi connectivity index (χ2v) is 4.52. The number of hydrogen-bond acceptors (Lipinski definition) is 5. The number of aromatic amines is 1. The molecule has 1 aromatic carbocycles. The summed E-state index contributed by atoms with van der Waals surface area (Å²) in [5.74, 6) is 1.20. The zero-order valence-corrected chi connectivity index (χ0v) is 11.2. The maximum atomic E-state index is 12.1. The molecule has 0 unspecified atom stereocenters. The molecule has 0 aliphatic rings. The number of para-hydroxylation sites is 2. The molecular weight excluding hydrogens is 280 g/mol. The average Bonchev–Trinajstić information content (AvgIpc) is 3.10. The maximum Gasteiger partial charge on any atom is 0.231 e. The molecule has 0 amide bonds. The van der Waals surface area contributed by atoms with Crippen molar-refractivity contribution < 1.29 is 9.21 Å². The monoisotopic (exact) mass is 290 g/mol. The van der Waals surface area contributed by atoms with E-state index in [4.69, 9.17) is 16.0 Å². The molecule has 0 aliphatic heterocycles. The Morgan fingerprint density at radius 2 is 2.05 bits per heavy atom. The topological polar surface area (TPSA) is 84.7 Å². The number of halogens is 1. The van der Waals surface area contributed by atoms with E-state index in [9.17, 15) is 4.79 Å². The number of aryl methyl sites for hydroxylation is 1. The Bertz CT molecular complexity index is 717. The molecule has 1 N–H and O–H groups in total. The Hall–Kier alpha value is -2.21. The number of carbonyl (C=O) groups excluding carboxylic acids is 1. The van der Waals surface area contributed by atoms with Crippen LogP contribution in [-0.4, -0.2) is 25.9 Å². The number of rotatable bonds is 5. The molecule has 2 heterocycles. The van der Waals surface area contributed by atoms with E-state index in [1.54, 1.807) is 0 Å². The zero-order valence-electron chi connectivity index (χ0n) is 10.5. The second-order valence-electron chi connectivity index (χ2n) is 4.25. The van der Waals surface area contributed by atoms with Crippen molar-refractivity contribution in [2.75, 3.05) is 0 Å². The molecule has 7 heteroatoms. The first-order chi connectivity index (χ1) is 9.76. The molecule has 6 nitrogen and oxygen atoms in total. The van der Waals surface area contributed by atoms with Crippen LogP contribution in [0.4, 0.5) is 0 Å². The number of alkyl halides is 1. The minimum atomic E-state index is -0.0909. The third kappa shape index (κ3) is 2.55. The van der Waals surface area contributed by atoms with E-state index in [1.807, 2.05) is 24.3 Å². The largest absolute Gasteiger partial charge is 0.424 e. The van der Waals surface area contributed by atoms with E-state index in [-0.39, 0.29) is 18.1 Å². The smallest absolute Gasteiger partial charge is 0.231 e. The van der Waals surface area contributed by atoms with Crippen LogP contribution in [-0.2, 0) is 12.3 Å². The van der Waals surface area contributed by atoms with Gasteiger partial charge in [-0.1, -0.05) is 12.1 Å². The third-order valence-electron chi connectivity index (χ3n) is 2.84. The summed E-state index contributed by atoms with van der Waals surface area (Å²) in [5, 5.41) is 7.55. The lowest BCUT2D eigenvalue weighted by Crippen LogP contribution is -2.03. The number of hydrogen-bond donors (Lipinski definition) is 1. The van der Waals surface area contributed by atoms with Gasteiger partial charge in [-0.15, -0.1) is 21.8 Å². The van der Waals surface area contributed by atoms with Gasteiger partial charge in [-0.05, 0) is 12.1 Å². The number of nitrogens with one attached hydrogen (secondary N) is 1. The molecule has 102 valence electrons. The van der Waals surface area contributed by atoms with Gasteiger partial charge < -0.3 is 9.40 Å². The van der Waals surface area contributed by atoms with Crippen LogP contribution < -0.4 is 0 Å².